The Morgan fingerprint density at radius 3 is 3.19 bits per heavy atom. The number of rotatable bonds is 4. The number of anilines is 2. The molecule has 1 saturated heterocycles. The Balaban J connectivity index is 1.98. The highest BCUT2D eigenvalue weighted by Crippen LogP contribution is 2.35. The molecule has 6 nitrogen and oxygen atoms in total. The molecule has 0 aliphatic carbocycles. The van der Waals surface area contributed by atoms with E-state index in [1.807, 2.05) is 0 Å². The van der Waals surface area contributed by atoms with E-state index in [9.17, 15) is 5.11 Å². The van der Waals surface area contributed by atoms with Crippen LogP contribution in [0.15, 0.2) is 0 Å². The second-order valence-corrected chi connectivity index (χ2v) is 4.58. The maximum absolute atomic E-state index is 10.0. The van der Waals surface area contributed by atoms with Crippen LogP contribution in [0, 0.1) is 0 Å². The van der Waals surface area contributed by atoms with Gasteiger partial charge in [0.2, 0.25) is 0 Å². The number of nitrogens with one attached hydrogen (secondary N) is 1. The molecule has 1 atom stereocenters. The molecule has 7 heteroatoms. The molecule has 2 rings (SSSR count). The molecule has 0 amide bonds. The second-order valence-electron chi connectivity index (χ2n) is 3.81. The van der Waals surface area contributed by atoms with Gasteiger partial charge in [0.25, 0.3) is 0 Å². The highest BCUT2D eigenvalue weighted by Gasteiger charge is 2.32. The SMILES string of the molecule is COc1c(N)nsc1NCC1(O)CCOC1. The zero-order chi connectivity index (χ0) is 11.6. The summed E-state index contributed by atoms with van der Waals surface area (Å²) >= 11 is 1.22. The minimum atomic E-state index is -0.802. The molecule has 1 aliphatic heterocycles. The number of aromatic nitrogens is 1. The van der Waals surface area contributed by atoms with Crippen molar-refractivity contribution >= 4 is 22.4 Å². The molecule has 0 aromatic carbocycles. The van der Waals surface area contributed by atoms with E-state index in [0.29, 0.717) is 37.7 Å². The maximum Gasteiger partial charge on any atom is 0.197 e. The molecule has 90 valence electrons. The number of aliphatic hydroxyl groups is 1. The summed E-state index contributed by atoms with van der Waals surface area (Å²) in [5, 5.41) is 13.9. The first-order chi connectivity index (χ1) is 7.64. The molecule has 1 fully saturated rings. The van der Waals surface area contributed by atoms with Crippen LogP contribution in [0.25, 0.3) is 0 Å². The van der Waals surface area contributed by atoms with E-state index in [0.717, 1.165) is 5.00 Å². The van der Waals surface area contributed by atoms with E-state index in [-0.39, 0.29) is 0 Å². The third kappa shape index (κ3) is 2.21. The summed E-state index contributed by atoms with van der Waals surface area (Å²) in [4.78, 5) is 0. The van der Waals surface area contributed by atoms with Crippen molar-refractivity contribution in [3.8, 4) is 5.75 Å². The minimum absolute atomic E-state index is 0.358. The fourth-order valence-electron chi connectivity index (χ4n) is 1.58. The third-order valence-electron chi connectivity index (χ3n) is 2.54. The monoisotopic (exact) mass is 245 g/mol. The van der Waals surface area contributed by atoms with Gasteiger partial charge in [0.1, 0.15) is 5.60 Å². The topological polar surface area (TPSA) is 89.6 Å². The van der Waals surface area contributed by atoms with Crippen LogP contribution in [0.5, 0.6) is 5.75 Å². The van der Waals surface area contributed by atoms with Crippen LogP contribution < -0.4 is 15.8 Å². The van der Waals surface area contributed by atoms with Gasteiger partial charge in [-0.1, -0.05) is 0 Å². The quantitative estimate of drug-likeness (QED) is 0.707. The van der Waals surface area contributed by atoms with Gasteiger partial charge in [-0.15, -0.1) is 0 Å². The van der Waals surface area contributed by atoms with Crippen LogP contribution in [-0.2, 0) is 4.74 Å². The average molecular weight is 245 g/mol. The van der Waals surface area contributed by atoms with Gasteiger partial charge in [-0.25, -0.2) is 0 Å². The maximum atomic E-state index is 10.0. The molecule has 1 unspecified atom stereocenters. The van der Waals surface area contributed by atoms with Crippen molar-refractivity contribution in [3.63, 3.8) is 0 Å². The zero-order valence-corrected chi connectivity index (χ0v) is 9.84. The second kappa shape index (κ2) is 4.44. The molecule has 0 spiro atoms. The average Bonchev–Trinajstić information content (AvgIpc) is 2.83. The van der Waals surface area contributed by atoms with Crippen LogP contribution in [-0.4, -0.2) is 41.9 Å². The Labute approximate surface area is 97.5 Å². The summed E-state index contributed by atoms with van der Waals surface area (Å²) in [5.74, 6) is 0.900. The van der Waals surface area contributed by atoms with Gasteiger partial charge in [-0.3, -0.25) is 0 Å². The van der Waals surface area contributed by atoms with E-state index in [4.69, 9.17) is 15.2 Å². The van der Waals surface area contributed by atoms with Crippen molar-refractivity contribution in [1.82, 2.24) is 4.37 Å². The van der Waals surface area contributed by atoms with Gasteiger partial charge >= 0.3 is 0 Å². The van der Waals surface area contributed by atoms with Crippen LogP contribution in [0.1, 0.15) is 6.42 Å². The van der Waals surface area contributed by atoms with Crippen molar-refractivity contribution in [2.75, 3.05) is 37.9 Å². The number of nitrogens with zero attached hydrogens (tertiary/aromatic N) is 1. The van der Waals surface area contributed by atoms with E-state index in [2.05, 4.69) is 9.69 Å². The lowest BCUT2D eigenvalue weighted by Gasteiger charge is -2.20. The normalized spacial score (nSPS) is 24.6. The van der Waals surface area contributed by atoms with Gasteiger partial charge in [0.05, 0.1) is 13.7 Å². The van der Waals surface area contributed by atoms with Gasteiger partial charge in [-0.2, -0.15) is 4.37 Å². The van der Waals surface area contributed by atoms with Crippen LogP contribution in [0.3, 0.4) is 0 Å². The molecule has 1 aromatic heterocycles. The van der Waals surface area contributed by atoms with Crippen LogP contribution in [0.2, 0.25) is 0 Å². The van der Waals surface area contributed by atoms with Crippen LogP contribution in [0.4, 0.5) is 10.8 Å². The van der Waals surface area contributed by atoms with E-state index in [1.165, 1.54) is 11.5 Å². The Morgan fingerprint density at radius 1 is 1.75 bits per heavy atom. The summed E-state index contributed by atoms with van der Waals surface area (Å²) in [7, 11) is 1.54. The van der Waals surface area contributed by atoms with Gasteiger partial charge < -0.3 is 25.6 Å². The predicted molar refractivity (Wildman–Crippen MR) is 62.0 cm³/mol. The first-order valence-corrected chi connectivity index (χ1v) is 5.75. The Bertz CT molecular complexity index is 363. The molecule has 1 aromatic rings. The van der Waals surface area contributed by atoms with E-state index >= 15 is 0 Å². The number of nitrogen functional groups attached to an aromatic ring is 1. The fraction of sp³-hybridized carbons (Fsp3) is 0.667. The van der Waals surface area contributed by atoms with E-state index < -0.39 is 5.60 Å². The van der Waals surface area contributed by atoms with Crippen LogP contribution >= 0.6 is 11.5 Å². The number of hydrogen-bond donors (Lipinski definition) is 3. The number of nitrogens with two attached hydrogens (primary N) is 1. The van der Waals surface area contributed by atoms with E-state index in [1.54, 1.807) is 7.11 Å². The lowest BCUT2D eigenvalue weighted by molar-refractivity contribution is 0.0382. The molecule has 0 bridgehead atoms. The van der Waals surface area contributed by atoms with Crippen molar-refractivity contribution < 1.29 is 14.6 Å². The van der Waals surface area contributed by atoms with Crippen molar-refractivity contribution in [3.05, 3.63) is 0 Å². The molecule has 1 aliphatic rings. The molecule has 2 heterocycles. The fourth-order valence-corrected chi connectivity index (χ4v) is 2.26. The molecule has 4 N–H and O–H groups in total. The smallest absolute Gasteiger partial charge is 0.197 e. The Morgan fingerprint density at radius 2 is 2.56 bits per heavy atom. The Kier molecular flexibility index (Phi) is 3.17. The lowest BCUT2D eigenvalue weighted by Crippen LogP contribution is -2.37. The highest BCUT2D eigenvalue weighted by molar-refractivity contribution is 7.11. The van der Waals surface area contributed by atoms with Gasteiger partial charge in [-0.05, 0) is 11.5 Å². The standard InChI is InChI=1S/C9H15N3O3S/c1-14-6-7(10)12-16-8(6)11-4-9(13)2-3-15-5-9/h11,13H,2-5H2,1H3,(H2,10,12). The van der Waals surface area contributed by atoms with Crippen molar-refractivity contribution in [1.29, 1.82) is 0 Å². The highest BCUT2D eigenvalue weighted by atomic mass is 32.1. The third-order valence-corrected chi connectivity index (χ3v) is 3.34. The molecule has 0 radical (unpaired) electrons. The number of methoxy groups -OCH3 is 1. The summed E-state index contributed by atoms with van der Waals surface area (Å²) in [6.07, 6.45) is 0.636. The lowest BCUT2D eigenvalue weighted by atomic mass is 10.0. The minimum Gasteiger partial charge on any atom is -0.490 e. The number of ether oxygens (including phenoxy) is 2. The number of hydrogen-bond acceptors (Lipinski definition) is 7. The van der Waals surface area contributed by atoms with Gasteiger partial charge in [0.15, 0.2) is 16.6 Å². The summed E-state index contributed by atoms with van der Waals surface area (Å²) < 4.78 is 14.2. The zero-order valence-electron chi connectivity index (χ0n) is 9.02. The largest absolute Gasteiger partial charge is 0.490 e. The van der Waals surface area contributed by atoms with Gasteiger partial charge in [0, 0.05) is 19.6 Å². The predicted octanol–water partition coefficient (Wildman–Crippen LogP) is 0.297. The first kappa shape index (κ1) is 11.4. The molecule has 0 saturated carbocycles. The molecular formula is C9H15N3O3S. The molecule has 16 heavy (non-hydrogen) atoms. The summed E-state index contributed by atoms with van der Waals surface area (Å²) in [5.41, 5.74) is 4.81. The Hall–Kier alpha value is -1.05. The summed E-state index contributed by atoms with van der Waals surface area (Å²) in [6, 6.07) is 0. The van der Waals surface area contributed by atoms with Crippen molar-refractivity contribution in [2.24, 2.45) is 0 Å². The first-order valence-electron chi connectivity index (χ1n) is 4.98. The molecular weight excluding hydrogens is 230 g/mol. The summed E-state index contributed by atoms with van der Waals surface area (Å²) in [6.45, 7) is 1.36. The van der Waals surface area contributed by atoms with Crippen molar-refractivity contribution in [2.45, 2.75) is 12.0 Å².